The summed E-state index contributed by atoms with van der Waals surface area (Å²) in [6, 6.07) is 11.9. The number of carbonyl (C=O) groups is 4. The molecule has 2 aliphatic rings. The number of amides is 5. The number of rotatable bonds is 5. The SMILES string of the molecule is O=C(CN1C(=O)N[C@@]2(CCc3ccccc32)C1=O)NCC(=O)Nc1ccc(F)cc1. The van der Waals surface area contributed by atoms with Crippen LogP contribution in [-0.4, -0.2) is 41.7 Å². The van der Waals surface area contributed by atoms with Gasteiger partial charge in [0.1, 0.15) is 17.9 Å². The van der Waals surface area contributed by atoms with Crippen LogP contribution in [0.2, 0.25) is 0 Å². The lowest BCUT2D eigenvalue weighted by Crippen LogP contribution is -2.44. The summed E-state index contributed by atoms with van der Waals surface area (Å²) in [6.07, 6.45) is 1.10. The fraction of sp³-hybridized carbons (Fsp3) is 0.238. The Morgan fingerprint density at radius 2 is 1.80 bits per heavy atom. The first-order valence-corrected chi connectivity index (χ1v) is 9.44. The normalized spacial score (nSPS) is 19.6. The monoisotopic (exact) mass is 410 g/mol. The summed E-state index contributed by atoms with van der Waals surface area (Å²) in [4.78, 5) is 50.4. The first-order chi connectivity index (χ1) is 14.4. The topological polar surface area (TPSA) is 108 Å². The Labute approximate surface area is 171 Å². The highest BCUT2D eigenvalue weighted by Gasteiger charge is 2.55. The maximum atomic E-state index is 13.0. The third-order valence-electron chi connectivity index (χ3n) is 5.30. The number of nitrogens with one attached hydrogen (secondary N) is 3. The third-order valence-corrected chi connectivity index (χ3v) is 5.30. The lowest BCUT2D eigenvalue weighted by molar-refractivity contribution is -0.135. The number of nitrogens with zero attached hydrogens (tertiary/aromatic N) is 1. The van der Waals surface area contributed by atoms with Crippen LogP contribution in [0.25, 0.3) is 0 Å². The Balaban J connectivity index is 1.35. The third kappa shape index (κ3) is 3.49. The number of anilines is 1. The minimum absolute atomic E-state index is 0.353. The van der Waals surface area contributed by atoms with Crippen molar-refractivity contribution < 1.29 is 23.6 Å². The van der Waals surface area contributed by atoms with Gasteiger partial charge in [-0.25, -0.2) is 9.18 Å². The van der Waals surface area contributed by atoms with Crippen molar-refractivity contribution in [2.75, 3.05) is 18.4 Å². The lowest BCUT2D eigenvalue weighted by atomic mass is 9.92. The van der Waals surface area contributed by atoms with Crippen LogP contribution in [0, 0.1) is 5.82 Å². The van der Waals surface area contributed by atoms with Crippen molar-refractivity contribution in [2.24, 2.45) is 0 Å². The van der Waals surface area contributed by atoms with Crippen LogP contribution in [0.5, 0.6) is 0 Å². The summed E-state index contributed by atoms with van der Waals surface area (Å²) in [5, 5.41) is 7.63. The van der Waals surface area contributed by atoms with Crippen LogP contribution < -0.4 is 16.0 Å². The molecule has 3 N–H and O–H groups in total. The molecule has 1 aliphatic heterocycles. The Bertz CT molecular complexity index is 1040. The maximum absolute atomic E-state index is 13.0. The molecule has 1 spiro atoms. The molecule has 1 aliphatic carbocycles. The molecule has 1 heterocycles. The van der Waals surface area contributed by atoms with Crippen molar-refractivity contribution in [3.8, 4) is 0 Å². The van der Waals surface area contributed by atoms with E-state index in [1.807, 2.05) is 18.2 Å². The molecule has 2 aromatic carbocycles. The molecule has 0 saturated carbocycles. The number of fused-ring (bicyclic) bond motifs is 2. The van der Waals surface area contributed by atoms with E-state index in [1.165, 1.54) is 24.3 Å². The van der Waals surface area contributed by atoms with E-state index in [-0.39, 0.29) is 6.54 Å². The summed E-state index contributed by atoms with van der Waals surface area (Å²) >= 11 is 0. The molecule has 8 nitrogen and oxygen atoms in total. The van der Waals surface area contributed by atoms with Gasteiger partial charge in [0.25, 0.3) is 5.91 Å². The molecular formula is C21H19FN4O4. The molecule has 4 rings (SSSR count). The van der Waals surface area contributed by atoms with Gasteiger partial charge in [-0.1, -0.05) is 24.3 Å². The summed E-state index contributed by atoms with van der Waals surface area (Å²) < 4.78 is 12.9. The zero-order chi connectivity index (χ0) is 21.3. The van der Waals surface area contributed by atoms with Crippen molar-refractivity contribution in [2.45, 2.75) is 18.4 Å². The fourth-order valence-corrected chi connectivity index (χ4v) is 3.85. The number of aryl methyl sites for hydroxylation is 1. The number of halogens is 1. The van der Waals surface area contributed by atoms with E-state index in [2.05, 4.69) is 16.0 Å². The van der Waals surface area contributed by atoms with Gasteiger partial charge in [-0.05, 0) is 48.2 Å². The largest absolute Gasteiger partial charge is 0.345 e. The van der Waals surface area contributed by atoms with E-state index in [0.717, 1.165) is 16.0 Å². The molecule has 1 saturated heterocycles. The van der Waals surface area contributed by atoms with Crippen molar-refractivity contribution in [3.05, 3.63) is 65.5 Å². The molecule has 30 heavy (non-hydrogen) atoms. The molecule has 0 bridgehead atoms. The van der Waals surface area contributed by atoms with Gasteiger partial charge >= 0.3 is 6.03 Å². The van der Waals surface area contributed by atoms with Gasteiger partial charge in [0.05, 0.1) is 6.54 Å². The number of carbonyl (C=O) groups excluding carboxylic acids is 4. The number of benzene rings is 2. The van der Waals surface area contributed by atoms with Gasteiger partial charge < -0.3 is 16.0 Å². The molecule has 5 amide bonds. The summed E-state index contributed by atoms with van der Waals surface area (Å²) in [7, 11) is 0. The Morgan fingerprint density at radius 3 is 2.57 bits per heavy atom. The van der Waals surface area contributed by atoms with Gasteiger partial charge in [-0.2, -0.15) is 0 Å². The minimum Gasteiger partial charge on any atom is -0.345 e. The van der Waals surface area contributed by atoms with Crippen LogP contribution in [0.15, 0.2) is 48.5 Å². The first-order valence-electron chi connectivity index (χ1n) is 9.44. The molecule has 0 unspecified atom stereocenters. The fourth-order valence-electron chi connectivity index (χ4n) is 3.85. The number of urea groups is 1. The predicted molar refractivity (Wildman–Crippen MR) is 105 cm³/mol. The predicted octanol–water partition coefficient (Wildman–Crippen LogP) is 1.27. The Kier molecular flexibility index (Phi) is 4.94. The molecule has 2 aromatic rings. The number of imide groups is 1. The standard InChI is InChI=1S/C21H19FN4O4/c22-14-5-7-15(8-6-14)24-17(27)11-23-18(28)12-26-19(29)21(25-20(26)30)10-9-13-3-1-2-4-16(13)21/h1-8H,9-12H2,(H,23,28)(H,24,27)(H,25,30)/t21-/m1/s1. The van der Waals surface area contributed by atoms with Crippen molar-refractivity contribution in [1.82, 2.24) is 15.5 Å². The van der Waals surface area contributed by atoms with E-state index in [0.29, 0.717) is 18.5 Å². The van der Waals surface area contributed by atoms with Gasteiger partial charge in [0.15, 0.2) is 0 Å². The summed E-state index contributed by atoms with van der Waals surface area (Å²) in [5.41, 5.74) is 1.000. The average molecular weight is 410 g/mol. The second kappa shape index (κ2) is 7.58. The average Bonchev–Trinajstić information content (AvgIpc) is 3.22. The zero-order valence-electron chi connectivity index (χ0n) is 15.9. The van der Waals surface area contributed by atoms with E-state index >= 15 is 0 Å². The summed E-state index contributed by atoms with van der Waals surface area (Å²) in [6.45, 7) is -0.841. The zero-order valence-corrected chi connectivity index (χ0v) is 15.9. The van der Waals surface area contributed by atoms with E-state index in [9.17, 15) is 23.6 Å². The first kappa shape index (κ1) is 19.6. The Morgan fingerprint density at radius 1 is 1.07 bits per heavy atom. The van der Waals surface area contributed by atoms with Crippen LogP contribution in [0.1, 0.15) is 17.5 Å². The lowest BCUT2D eigenvalue weighted by Gasteiger charge is -2.22. The molecule has 9 heteroatoms. The van der Waals surface area contributed by atoms with Crippen LogP contribution in [0.4, 0.5) is 14.9 Å². The smallest absolute Gasteiger partial charge is 0.325 e. The molecule has 1 fully saturated rings. The van der Waals surface area contributed by atoms with E-state index in [4.69, 9.17) is 0 Å². The summed E-state index contributed by atoms with van der Waals surface area (Å²) in [5.74, 6) is -2.06. The van der Waals surface area contributed by atoms with Gasteiger partial charge in [0, 0.05) is 5.69 Å². The van der Waals surface area contributed by atoms with Crippen LogP contribution in [0.3, 0.4) is 0 Å². The van der Waals surface area contributed by atoms with Crippen molar-refractivity contribution >= 4 is 29.4 Å². The highest BCUT2D eigenvalue weighted by Crippen LogP contribution is 2.41. The highest BCUT2D eigenvalue weighted by atomic mass is 19.1. The second-order valence-corrected chi connectivity index (χ2v) is 7.22. The van der Waals surface area contributed by atoms with Crippen molar-refractivity contribution in [3.63, 3.8) is 0 Å². The molecule has 154 valence electrons. The van der Waals surface area contributed by atoms with E-state index in [1.54, 1.807) is 6.07 Å². The molecule has 0 aromatic heterocycles. The van der Waals surface area contributed by atoms with Crippen molar-refractivity contribution in [1.29, 1.82) is 0 Å². The highest BCUT2D eigenvalue weighted by molar-refractivity contribution is 6.10. The maximum Gasteiger partial charge on any atom is 0.325 e. The van der Waals surface area contributed by atoms with Gasteiger partial charge in [0.2, 0.25) is 11.8 Å². The van der Waals surface area contributed by atoms with Crippen LogP contribution in [-0.2, 0) is 26.3 Å². The van der Waals surface area contributed by atoms with Gasteiger partial charge in [-0.3, -0.25) is 19.3 Å². The van der Waals surface area contributed by atoms with Gasteiger partial charge in [-0.15, -0.1) is 0 Å². The minimum atomic E-state index is -1.13. The molecule has 0 radical (unpaired) electrons. The number of hydrogen-bond acceptors (Lipinski definition) is 4. The quantitative estimate of drug-likeness (QED) is 0.646. The Hall–Kier alpha value is -3.75. The van der Waals surface area contributed by atoms with E-state index < -0.39 is 41.7 Å². The van der Waals surface area contributed by atoms with Crippen LogP contribution >= 0.6 is 0 Å². The molecular weight excluding hydrogens is 391 g/mol. The number of hydrogen-bond donors (Lipinski definition) is 3. The molecule has 1 atom stereocenters. The second-order valence-electron chi connectivity index (χ2n) is 7.22.